The number of carbonyl (C=O) groups excluding carboxylic acids is 1. The van der Waals surface area contributed by atoms with Gasteiger partial charge in [0.2, 0.25) is 12.2 Å². The molecular formula is C11H9ClN2O3. The van der Waals surface area contributed by atoms with Crippen LogP contribution in [0.5, 0.6) is 5.75 Å². The fourth-order valence-corrected chi connectivity index (χ4v) is 1.47. The molecule has 0 spiro atoms. The number of halogens is 1. The molecular weight excluding hydrogens is 244 g/mol. The highest BCUT2D eigenvalue weighted by Crippen LogP contribution is 2.23. The Labute approximate surface area is 102 Å². The number of ketones is 1. The van der Waals surface area contributed by atoms with Gasteiger partial charge >= 0.3 is 0 Å². The summed E-state index contributed by atoms with van der Waals surface area (Å²) in [5.41, 5.74) is 0.431. The van der Waals surface area contributed by atoms with Crippen LogP contribution < -0.4 is 4.74 Å². The van der Waals surface area contributed by atoms with E-state index < -0.39 is 0 Å². The zero-order valence-corrected chi connectivity index (χ0v) is 9.77. The van der Waals surface area contributed by atoms with Crippen molar-refractivity contribution in [1.29, 1.82) is 0 Å². The minimum Gasteiger partial charge on any atom is -0.485 e. The summed E-state index contributed by atoms with van der Waals surface area (Å²) in [5, 5.41) is 4.09. The quantitative estimate of drug-likeness (QED) is 0.782. The van der Waals surface area contributed by atoms with Crippen LogP contribution in [-0.4, -0.2) is 15.9 Å². The van der Waals surface area contributed by atoms with E-state index in [-0.39, 0.29) is 12.4 Å². The second kappa shape index (κ2) is 4.97. The van der Waals surface area contributed by atoms with Crippen molar-refractivity contribution < 1.29 is 14.1 Å². The highest BCUT2D eigenvalue weighted by atomic mass is 35.5. The van der Waals surface area contributed by atoms with Crippen LogP contribution in [0.15, 0.2) is 29.1 Å². The number of aromatic nitrogens is 2. The average molecular weight is 253 g/mol. The zero-order valence-electron chi connectivity index (χ0n) is 9.01. The van der Waals surface area contributed by atoms with E-state index in [0.29, 0.717) is 22.2 Å². The molecule has 0 N–H and O–H groups in total. The van der Waals surface area contributed by atoms with Crippen molar-refractivity contribution in [3.05, 3.63) is 41.0 Å². The van der Waals surface area contributed by atoms with Crippen molar-refractivity contribution in [1.82, 2.24) is 10.1 Å². The first-order valence-corrected chi connectivity index (χ1v) is 5.23. The van der Waals surface area contributed by atoms with Crippen molar-refractivity contribution in [2.75, 3.05) is 0 Å². The SMILES string of the molecule is CC(=O)c1cc(Cl)ccc1OCc1ncon1. The van der Waals surface area contributed by atoms with Gasteiger partial charge in [-0.05, 0) is 25.1 Å². The average Bonchev–Trinajstić information content (AvgIpc) is 2.80. The summed E-state index contributed by atoms with van der Waals surface area (Å²) in [5.74, 6) is 0.747. The molecule has 88 valence electrons. The summed E-state index contributed by atoms with van der Waals surface area (Å²) < 4.78 is 10.0. The van der Waals surface area contributed by atoms with Gasteiger partial charge in [-0.3, -0.25) is 4.79 Å². The van der Waals surface area contributed by atoms with E-state index in [1.54, 1.807) is 18.2 Å². The maximum Gasteiger partial charge on any atom is 0.213 e. The maximum atomic E-state index is 11.4. The Hall–Kier alpha value is -1.88. The molecule has 1 heterocycles. The molecule has 0 radical (unpaired) electrons. The van der Waals surface area contributed by atoms with Crippen LogP contribution in [0.3, 0.4) is 0 Å². The minimum absolute atomic E-state index is 0.115. The van der Waals surface area contributed by atoms with Crippen LogP contribution in [0.4, 0.5) is 0 Å². The maximum absolute atomic E-state index is 11.4. The Morgan fingerprint density at radius 1 is 1.53 bits per heavy atom. The molecule has 0 amide bonds. The number of rotatable bonds is 4. The second-order valence-corrected chi connectivity index (χ2v) is 3.77. The normalized spacial score (nSPS) is 10.2. The van der Waals surface area contributed by atoms with E-state index in [9.17, 15) is 4.79 Å². The van der Waals surface area contributed by atoms with E-state index in [4.69, 9.17) is 16.3 Å². The molecule has 0 bridgehead atoms. The first-order valence-electron chi connectivity index (χ1n) is 4.85. The molecule has 6 heteroatoms. The molecule has 2 aromatic rings. The molecule has 0 fully saturated rings. The van der Waals surface area contributed by atoms with Gasteiger partial charge in [-0.25, -0.2) is 0 Å². The monoisotopic (exact) mass is 252 g/mol. The molecule has 17 heavy (non-hydrogen) atoms. The van der Waals surface area contributed by atoms with E-state index in [1.807, 2.05) is 0 Å². The molecule has 0 unspecified atom stereocenters. The molecule has 0 aliphatic rings. The summed E-state index contributed by atoms with van der Waals surface area (Å²) in [6.45, 7) is 1.59. The molecule has 0 aliphatic heterocycles. The Kier molecular flexibility index (Phi) is 3.39. The molecule has 0 saturated carbocycles. The minimum atomic E-state index is -0.115. The van der Waals surface area contributed by atoms with Crippen LogP contribution in [0.25, 0.3) is 0 Å². The predicted octanol–water partition coefficient (Wildman–Crippen LogP) is 2.50. The molecule has 1 aromatic carbocycles. The Bertz CT molecular complexity index is 526. The molecule has 1 aromatic heterocycles. The number of hydrogen-bond donors (Lipinski definition) is 0. The van der Waals surface area contributed by atoms with Gasteiger partial charge in [0.05, 0.1) is 5.56 Å². The van der Waals surface area contributed by atoms with Crippen LogP contribution in [0, 0.1) is 0 Å². The number of nitrogens with zero attached hydrogens (tertiary/aromatic N) is 2. The third-order valence-electron chi connectivity index (χ3n) is 2.08. The van der Waals surface area contributed by atoms with E-state index in [2.05, 4.69) is 14.7 Å². The van der Waals surface area contributed by atoms with Gasteiger partial charge in [0.1, 0.15) is 5.75 Å². The number of benzene rings is 1. The Morgan fingerprint density at radius 2 is 2.35 bits per heavy atom. The number of carbonyl (C=O) groups is 1. The topological polar surface area (TPSA) is 65.2 Å². The van der Waals surface area contributed by atoms with E-state index in [1.165, 1.54) is 13.3 Å². The third-order valence-corrected chi connectivity index (χ3v) is 2.32. The lowest BCUT2D eigenvalue weighted by molar-refractivity contribution is 0.101. The van der Waals surface area contributed by atoms with Crippen molar-refractivity contribution >= 4 is 17.4 Å². The van der Waals surface area contributed by atoms with Gasteiger partial charge in [-0.2, -0.15) is 4.98 Å². The summed E-state index contributed by atoms with van der Waals surface area (Å²) >= 11 is 5.81. The predicted molar refractivity (Wildman–Crippen MR) is 60.1 cm³/mol. The summed E-state index contributed by atoms with van der Waals surface area (Å²) in [7, 11) is 0. The lowest BCUT2D eigenvalue weighted by atomic mass is 10.1. The summed E-state index contributed by atoms with van der Waals surface area (Å²) in [6.07, 6.45) is 1.21. The highest BCUT2D eigenvalue weighted by Gasteiger charge is 2.10. The molecule has 0 aliphatic carbocycles. The van der Waals surface area contributed by atoms with Crippen molar-refractivity contribution in [2.24, 2.45) is 0 Å². The van der Waals surface area contributed by atoms with E-state index in [0.717, 1.165) is 0 Å². The van der Waals surface area contributed by atoms with Crippen LogP contribution in [-0.2, 0) is 6.61 Å². The van der Waals surface area contributed by atoms with E-state index >= 15 is 0 Å². The summed E-state index contributed by atoms with van der Waals surface area (Å²) in [4.78, 5) is 15.2. The Morgan fingerprint density at radius 3 is 3.00 bits per heavy atom. The van der Waals surface area contributed by atoms with Gasteiger partial charge in [0, 0.05) is 5.02 Å². The second-order valence-electron chi connectivity index (χ2n) is 3.33. The first kappa shape index (κ1) is 11.6. The van der Waals surface area contributed by atoms with Crippen LogP contribution in [0.1, 0.15) is 23.1 Å². The lowest BCUT2D eigenvalue weighted by Crippen LogP contribution is -2.02. The van der Waals surface area contributed by atoms with Crippen LogP contribution >= 0.6 is 11.6 Å². The third kappa shape index (κ3) is 2.82. The van der Waals surface area contributed by atoms with Crippen molar-refractivity contribution in [3.63, 3.8) is 0 Å². The number of Topliss-reactive ketones (excluding diaryl/α,β-unsaturated/α-hetero) is 1. The number of hydrogen-bond acceptors (Lipinski definition) is 5. The Balaban J connectivity index is 2.17. The largest absolute Gasteiger partial charge is 0.485 e. The van der Waals surface area contributed by atoms with Gasteiger partial charge < -0.3 is 9.26 Å². The number of ether oxygens (including phenoxy) is 1. The van der Waals surface area contributed by atoms with Crippen molar-refractivity contribution in [3.8, 4) is 5.75 Å². The van der Waals surface area contributed by atoms with Crippen molar-refractivity contribution in [2.45, 2.75) is 13.5 Å². The fraction of sp³-hybridized carbons (Fsp3) is 0.182. The zero-order chi connectivity index (χ0) is 12.3. The van der Waals surface area contributed by atoms with Crippen LogP contribution in [0.2, 0.25) is 5.02 Å². The standard InChI is InChI=1S/C11H9ClN2O3/c1-7(15)9-4-8(12)2-3-10(9)16-5-11-13-6-17-14-11/h2-4,6H,5H2,1H3. The fourth-order valence-electron chi connectivity index (χ4n) is 1.30. The molecule has 0 saturated heterocycles. The van der Waals surface area contributed by atoms with Gasteiger partial charge in [-0.1, -0.05) is 16.8 Å². The van der Waals surface area contributed by atoms with Gasteiger partial charge in [0.15, 0.2) is 12.4 Å². The smallest absolute Gasteiger partial charge is 0.213 e. The molecule has 2 rings (SSSR count). The summed E-state index contributed by atoms with van der Waals surface area (Å²) in [6, 6.07) is 4.86. The first-order chi connectivity index (χ1) is 8.16. The highest BCUT2D eigenvalue weighted by molar-refractivity contribution is 6.31. The van der Waals surface area contributed by atoms with Gasteiger partial charge in [0.25, 0.3) is 0 Å². The molecule has 0 atom stereocenters. The van der Waals surface area contributed by atoms with Gasteiger partial charge in [-0.15, -0.1) is 0 Å². The lowest BCUT2D eigenvalue weighted by Gasteiger charge is -2.08. The molecule has 5 nitrogen and oxygen atoms in total.